The van der Waals surface area contributed by atoms with E-state index < -0.39 is 0 Å². The minimum Gasteiger partial charge on any atom is -0.366 e. The van der Waals surface area contributed by atoms with Gasteiger partial charge in [0.05, 0.1) is 0 Å². The number of rotatable bonds is 2. The maximum absolute atomic E-state index is 7.12. The van der Waals surface area contributed by atoms with Gasteiger partial charge in [0, 0.05) is 31.2 Å². The first-order chi connectivity index (χ1) is 21.2. The van der Waals surface area contributed by atoms with Crippen LogP contribution >= 0.6 is 0 Å². The standard InChI is InChI=1S/2C15H9.C9H8N4.2Au/c2*1-2-11-7-8-15-13(9-11)10-12-5-3-4-6-14(12)15;1(8-2-10-6-11-3-8)9-4-12-7-13-5-9;;/h2*3-9H,10H2;2-7H,1H2;;/q2*-1;;2*+1. The van der Waals surface area contributed by atoms with Crippen molar-refractivity contribution in [3.8, 4) is 34.1 Å². The second kappa shape index (κ2) is 16.1. The van der Waals surface area contributed by atoms with Crippen LogP contribution in [0.5, 0.6) is 0 Å². The van der Waals surface area contributed by atoms with Gasteiger partial charge in [0.15, 0.2) is 0 Å². The summed E-state index contributed by atoms with van der Waals surface area (Å²) in [5.74, 6) is 4.87. The predicted molar refractivity (Wildman–Crippen MR) is 169 cm³/mol. The summed E-state index contributed by atoms with van der Waals surface area (Å²) in [6.07, 6.45) is 27.2. The van der Waals surface area contributed by atoms with Gasteiger partial charge in [0.25, 0.3) is 0 Å². The van der Waals surface area contributed by atoms with E-state index in [1.54, 1.807) is 24.8 Å². The van der Waals surface area contributed by atoms with Crippen molar-refractivity contribution in [3.05, 3.63) is 180 Å². The Hall–Kier alpha value is -4.36. The van der Waals surface area contributed by atoms with Crippen LogP contribution in [0.4, 0.5) is 0 Å². The number of hydrogen-bond donors (Lipinski definition) is 0. The van der Waals surface area contributed by atoms with Crippen LogP contribution in [0.2, 0.25) is 0 Å². The molecule has 224 valence electrons. The molecule has 0 spiro atoms. The second-order valence-electron chi connectivity index (χ2n) is 10.3. The van der Waals surface area contributed by atoms with E-state index in [4.69, 9.17) is 12.8 Å². The van der Waals surface area contributed by atoms with Crippen molar-refractivity contribution in [1.82, 2.24) is 19.9 Å². The van der Waals surface area contributed by atoms with E-state index in [0.717, 1.165) is 41.5 Å². The Labute approximate surface area is 295 Å². The van der Waals surface area contributed by atoms with Gasteiger partial charge >= 0.3 is 44.8 Å². The molecule has 4 nitrogen and oxygen atoms in total. The van der Waals surface area contributed by atoms with Crippen LogP contribution in [0.15, 0.2) is 122 Å². The molecular weight excluding hydrogens is 918 g/mol. The molecule has 4 aromatic carbocycles. The quantitative estimate of drug-likeness (QED) is 0.104. The third-order valence-electron chi connectivity index (χ3n) is 7.51. The summed E-state index contributed by atoms with van der Waals surface area (Å²) in [6, 6.07) is 29.2. The maximum Gasteiger partial charge on any atom is 1.00 e. The zero-order valence-electron chi connectivity index (χ0n) is 24.1. The predicted octanol–water partition coefficient (Wildman–Crippen LogP) is 7.24. The summed E-state index contributed by atoms with van der Waals surface area (Å²) in [4.78, 5) is 15.7. The molecule has 2 aliphatic rings. The van der Waals surface area contributed by atoms with Gasteiger partial charge in [-0.05, 0) is 57.3 Å². The van der Waals surface area contributed by atoms with Gasteiger partial charge in [-0.15, -0.1) is 35.4 Å². The molecule has 0 saturated carbocycles. The fraction of sp³-hybridized carbons (Fsp3) is 0.0769. The van der Waals surface area contributed by atoms with Gasteiger partial charge in [-0.3, -0.25) is 11.8 Å². The van der Waals surface area contributed by atoms with E-state index >= 15 is 0 Å². The van der Waals surface area contributed by atoms with Gasteiger partial charge in [0.2, 0.25) is 0 Å². The van der Waals surface area contributed by atoms with Crippen LogP contribution in [0.3, 0.4) is 0 Å². The third kappa shape index (κ3) is 8.03. The van der Waals surface area contributed by atoms with Crippen molar-refractivity contribution in [2.75, 3.05) is 0 Å². The molecule has 2 aliphatic carbocycles. The Morgan fingerprint density at radius 1 is 0.489 bits per heavy atom. The zero-order chi connectivity index (χ0) is 29.4. The summed E-state index contributed by atoms with van der Waals surface area (Å²) >= 11 is 0. The number of nitrogens with zero attached hydrogens (tertiary/aromatic N) is 4. The Morgan fingerprint density at radius 3 is 1.27 bits per heavy atom. The molecule has 0 aliphatic heterocycles. The summed E-state index contributed by atoms with van der Waals surface area (Å²) in [5, 5.41) is 0. The summed E-state index contributed by atoms with van der Waals surface area (Å²) < 4.78 is 0. The minimum absolute atomic E-state index is 0. The first kappa shape index (κ1) is 33.5. The van der Waals surface area contributed by atoms with Crippen molar-refractivity contribution in [2.24, 2.45) is 0 Å². The largest absolute Gasteiger partial charge is 1.00 e. The second-order valence-corrected chi connectivity index (χ2v) is 10.3. The molecule has 6 heteroatoms. The molecule has 0 fully saturated rings. The van der Waals surface area contributed by atoms with Crippen LogP contribution in [0.1, 0.15) is 44.5 Å². The fourth-order valence-corrected chi connectivity index (χ4v) is 5.52. The molecule has 0 unspecified atom stereocenters. The number of aromatic nitrogens is 4. The van der Waals surface area contributed by atoms with Gasteiger partial charge in [-0.25, -0.2) is 19.9 Å². The van der Waals surface area contributed by atoms with E-state index in [-0.39, 0.29) is 44.8 Å². The smallest absolute Gasteiger partial charge is 0.366 e. The molecule has 0 atom stereocenters. The van der Waals surface area contributed by atoms with Crippen molar-refractivity contribution in [3.63, 3.8) is 0 Å². The molecule has 0 saturated heterocycles. The van der Waals surface area contributed by atoms with Gasteiger partial charge in [-0.2, -0.15) is 0 Å². The molecule has 0 N–H and O–H groups in total. The SMILES string of the molecule is [Au+].[Au+].[C-]#Cc1ccc2c(c1)Cc1ccccc1-2.[C-]#Cc1ccc2c(c1)Cc1ccccc1-2.c1ncc(Cc2cncnc2)cn1. The summed E-state index contributed by atoms with van der Waals surface area (Å²) in [7, 11) is 0. The summed E-state index contributed by atoms with van der Waals surface area (Å²) in [6.45, 7) is 0. The summed E-state index contributed by atoms with van der Waals surface area (Å²) in [5.41, 5.74) is 14.5. The van der Waals surface area contributed by atoms with Crippen molar-refractivity contribution >= 4 is 0 Å². The average Bonchev–Trinajstić information content (AvgIpc) is 3.63. The average molecular weight is 945 g/mol. The monoisotopic (exact) mass is 944 g/mol. The third-order valence-corrected chi connectivity index (χ3v) is 7.51. The van der Waals surface area contributed by atoms with Crippen LogP contribution in [0.25, 0.3) is 22.3 Å². The van der Waals surface area contributed by atoms with Crippen LogP contribution < -0.4 is 0 Å². The Morgan fingerprint density at radius 2 is 0.867 bits per heavy atom. The molecular formula is C39H26Au2N4. The van der Waals surface area contributed by atoms with Gasteiger partial charge < -0.3 is 12.8 Å². The van der Waals surface area contributed by atoms with Crippen molar-refractivity contribution in [1.29, 1.82) is 0 Å². The molecule has 6 aromatic rings. The van der Waals surface area contributed by atoms with E-state index in [1.807, 2.05) is 12.1 Å². The molecule has 2 heterocycles. The van der Waals surface area contributed by atoms with Crippen LogP contribution in [-0.4, -0.2) is 19.9 Å². The van der Waals surface area contributed by atoms with E-state index in [1.165, 1.54) is 57.2 Å². The molecule has 2 aromatic heterocycles. The fourth-order valence-electron chi connectivity index (χ4n) is 5.52. The normalized spacial score (nSPS) is 10.6. The number of fused-ring (bicyclic) bond motifs is 6. The topological polar surface area (TPSA) is 51.6 Å². The van der Waals surface area contributed by atoms with Gasteiger partial charge in [0.1, 0.15) is 12.7 Å². The number of benzene rings is 4. The van der Waals surface area contributed by atoms with Crippen LogP contribution in [-0.2, 0) is 64.0 Å². The molecule has 0 amide bonds. The minimum atomic E-state index is 0. The Balaban J connectivity index is 0.000000151. The van der Waals surface area contributed by atoms with E-state index in [0.29, 0.717) is 0 Å². The molecule has 45 heavy (non-hydrogen) atoms. The first-order valence-corrected chi connectivity index (χ1v) is 14.0. The number of hydrogen-bond acceptors (Lipinski definition) is 4. The molecule has 8 rings (SSSR count). The van der Waals surface area contributed by atoms with E-state index in [9.17, 15) is 0 Å². The van der Waals surface area contributed by atoms with Crippen LogP contribution in [0, 0.1) is 24.7 Å². The van der Waals surface area contributed by atoms with Crippen molar-refractivity contribution < 1.29 is 44.8 Å². The van der Waals surface area contributed by atoms with Crippen molar-refractivity contribution in [2.45, 2.75) is 19.3 Å². The Bertz CT molecular complexity index is 1830. The molecule has 0 bridgehead atoms. The zero-order valence-corrected chi connectivity index (χ0v) is 28.4. The first-order valence-electron chi connectivity index (χ1n) is 14.0. The van der Waals surface area contributed by atoms with Gasteiger partial charge in [-0.1, -0.05) is 71.8 Å². The maximum atomic E-state index is 7.12. The molecule has 0 radical (unpaired) electrons. The van der Waals surface area contributed by atoms with E-state index in [2.05, 4.69) is 105 Å². The Kier molecular flexibility index (Phi) is 12.0.